The molecule has 0 spiro atoms. The van der Waals surface area contributed by atoms with E-state index in [9.17, 15) is 0 Å². The van der Waals surface area contributed by atoms with Gasteiger partial charge >= 0.3 is 0 Å². The lowest BCUT2D eigenvalue weighted by atomic mass is 10.7. The maximum Gasteiger partial charge on any atom is 0.193 e. The molecule has 5 heteroatoms. The summed E-state index contributed by atoms with van der Waals surface area (Å²) in [6.45, 7) is 7.64. The Kier molecular flexibility index (Phi) is 6.72. The van der Waals surface area contributed by atoms with Crippen molar-refractivity contribution in [1.82, 2.24) is 0 Å². The molecule has 0 radical (unpaired) electrons. The van der Waals surface area contributed by atoms with Crippen LogP contribution in [-0.2, 0) is 0 Å². The lowest BCUT2D eigenvalue weighted by Crippen LogP contribution is -2.23. The number of amidine groups is 1. The smallest absolute Gasteiger partial charge is 0.193 e. The van der Waals surface area contributed by atoms with Crippen molar-refractivity contribution in [3.63, 3.8) is 0 Å². The second-order valence-electron chi connectivity index (χ2n) is 2.05. The summed E-state index contributed by atoms with van der Waals surface area (Å²) in [5, 5.41) is 0.555. The molecule has 0 amide bonds. The van der Waals surface area contributed by atoms with Gasteiger partial charge in [-0.2, -0.15) is 4.99 Å². The number of guanidine groups is 1. The number of hydrogen-bond donors (Lipinski definition) is 2. The van der Waals surface area contributed by atoms with Crippen molar-refractivity contribution in [3.8, 4) is 0 Å². The first-order valence-electron chi connectivity index (χ1n) is 3.69. The lowest BCUT2D eigenvalue weighted by Gasteiger charge is -1.97. The van der Waals surface area contributed by atoms with Gasteiger partial charge in [-0.3, -0.25) is 4.99 Å². The minimum Gasteiger partial charge on any atom is -0.370 e. The van der Waals surface area contributed by atoms with E-state index in [0.29, 0.717) is 11.7 Å². The highest BCUT2D eigenvalue weighted by Gasteiger charge is 1.95. The van der Waals surface area contributed by atoms with E-state index in [1.54, 1.807) is 12.2 Å². The highest BCUT2D eigenvalue weighted by atomic mass is 32.2. The van der Waals surface area contributed by atoms with Crippen molar-refractivity contribution in [3.05, 3.63) is 25.3 Å². The molecule has 0 fully saturated rings. The van der Waals surface area contributed by atoms with Crippen LogP contribution in [0.1, 0.15) is 0 Å². The van der Waals surface area contributed by atoms with E-state index in [1.165, 1.54) is 11.8 Å². The second-order valence-corrected chi connectivity index (χ2v) is 3.04. The third-order valence-corrected chi connectivity index (χ3v) is 1.79. The van der Waals surface area contributed by atoms with Gasteiger partial charge in [0, 0.05) is 5.75 Å². The summed E-state index contributed by atoms with van der Waals surface area (Å²) in [4.78, 5) is 7.93. The van der Waals surface area contributed by atoms with Gasteiger partial charge in [-0.15, -0.1) is 13.2 Å². The molecular formula is C8H14N4S. The van der Waals surface area contributed by atoms with E-state index in [-0.39, 0.29) is 5.96 Å². The van der Waals surface area contributed by atoms with Crippen molar-refractivity contribution >= 4 is 22.9 Å². The van der Waals surface area contributed by atoms with E-state index in [4.69, 9.17) is 11.5 Å². The zero-order valence-corrected chi connectivity index (χ0v) is 8.26. The number of aliphatic imine (C=N–C) groups is 2. The van der Waals surface area contributed by atoms with Gasteiger partial charge in [-0.1, -0.05) is 23.9 Å². The standard InChI is InChI=1S/C8H14N4S/c1-3-5-11-8(12-7(9)10)13-6-4-2/h3-4H,1-2,5-6H2,(H4,9,10,11,12). The molecular weight excluding hydrogens is 184 g/mol. The number of hydrogen-bond acceptors (Lipinski definition) is 2. The van der Waals surface area contributed by atoms with Gasteiger partial charge in [0.15, 0.2) is 11.1 Å². The van der Waals surface area contributed by atoms with E-state index >= 15 is 0 Å². The third-order valence-electron chi connectivity index (χ3n) is 0.911. The molecule has 4 nitrogen and oxygen atoms in total. The van der Waals surface area contributed by atoms with Crippen LogP contribution >= 0.6 is 11.8 Å². The van der Waals surface area contributed by atoms with Crippen LogP contribution in [0.5, 0.6) is 0 Å². The Bertz CT molecular complexity index is 228. The third kappa shape index (κ3) is 7.14. The summed E-state index contributed by atoms with van der Waals surface area (Å²) in [6.07, 6.45) is 3.44. The van der Waals surface area contributed by atoms with Gasteiger partial charge in [-0.05, 0) is 0 Å². The minimum absolute atomic E-state index is 0.0133. The van der Waals surface area contributed by atoms with Crippen LogP contribution in [0.15, 0.2) is 35.3 Å². The van der Waals surface area contributed by atoms with E-state index in [1.807, 2.05) is 0 Å². The molecule has 0 unspecified atom stereocenters. The summed E-state index contributed by atoms with van der Waals surface area (Å²) in [6, 6.07) is 0. The highest BCUT2D eigenvalue weighted by Crippen LogP contribution is 2.05. The second kappa shape index (κ2) is 7.42. The van der Waals surface area contributed by atoms with Crippen LogP contribution in [0.4, 0.5) is 0 Å². The van der Waals surface area contributed by atoms with Gasteiger partial charge in [-0.25, -0.2) is 0 Å². The van der Waals surface area contributed by atoms with Gasteiger partial charge in [0.2, 0.25) is 0 Å². The molecule has 0 aliphatic carbocycles. The molecule has 0 aromatic rings. The van der Waals surface area contributed by atoms with E-state index in [2.05, 4.69) is 23.1 Å². The minimum atomic E-state index is 0.0133. The molecule has 0 aromatic carbocycles. The van der Waals surface area contributed by atoms with Gasteiger partial charge in [0.25, 0.3) is 0 Å². The molecule has 0 saturated heterocycles. The predicted molar refractivity (Wildman–Crippen MR) is 61.0 cm³/mol. The van der Waals surface area contributed by atoms with Crippen LogP contribution in [0.3, 0.4) is 0 Å². The molecule has 0 aliphatic heterocycles. The van der Waals surface area contributed by atoms with Crippen LogP contribution in [0.25, 0.3) is 0 Å². The van der Waals surface area contributed by atoms with Crippen LogP contribution < -0.4 is 11.5 Å². The maximum absolute atomic E-state index is 5.22. The fourth-order valence-corrected chi connectivity index (χ4v) is 1.10. The summed E-state index contributed by atoms with van der Waals surface area (Å²) < 4.78 is 0. The summed E-state index contributed by atoms with van der Waals surface area (Å²) >= 11 is 1.43. The summed E-state index contributed by atoms with van der Waals surface area (Å²) in [5.74, 6) is 0.742. The average Bonchev–Trinajstić information content (AvgIpc) is 2.09. The van der Waals surface area contributed by atoms with Crippen molar-refractivity contribution in [2.45, 2.75) is 0 Å². The first-order chi connectivity index (χ1) is 6.20. The summed E-state index contributed by atoms with van der Waals surface area (Å²) in [5.41, 5.74) is 10.4. The molecule has 0 rings (SSSR count). The molecule has 0 atom stereocenters. The zero-order valence-electron chi connectivity index (χ0n) is 7.44. The van der Waals surface area contributed by atoms with Gasteiger partial charge in [0.1, 0.15) is 0 Å². The summed E-state index contributed by atoms with van der Waals surface area (Å²) in [7, 11) is 0. The fraction of sp³-hybridized carbons (Fsp3) is 0.250. The average molecular weight is 198 g/mol. The number of nitrogens with two attached hydrogens (primary N) is 2. The van der Waals surface area contributed by atoms with E-state index in [0.717, 1.165) is 5.75 Å². The fourth-order valence-electron chi connectivity index (χ4n) is 0.500. The quantitative estimate of drug-likeness (QED) is 0.397. The molecule has 72 valence electrons. The van der Waals surface area contributed by atoms with Crippen LogP contribution in [0, 0.1) is 0 Å². The first-order valence-corrected chi connectivity index (χ1v) is 4.68. The Labute approximate surface area is 82.5 Å². The molecule has 0 aromatic heterocycles. The topological polar surface area (TPSA) is 76.8 Å². The largest absolute Gasteiger partial charge is 0.370 e. The SMILES string of the molecule is C=CCN=C(N=C(N)N)SCC=C. The Balaban J connectivity index is 4.26. The van der Waals surface area contributed by atoms with Crippen molar-refractivity contribution in [2.24, 2.45) is 21.5 Å². The maximum atomic E-state index is 5.22. The predicted octanol–water partition coefficient (Wildman–Crippen LogP) is 0.721. The molecule has 0 bridgehead atoms. The Morgan fingerprint density at radius 2 is 2.00 bits per heavy atom. The van der Waals surface area contributed by atoms with Crippen LogP contribution in [-0.4, -0.2) is 23.4 Å². The number of thioether (sulfide) groups is 1. The normalized spacial score (nSPS) is 10.6. The first kappa shape index (κ1) is 11.8. The Morgan fingerprint density at radius 3 is 2.46 bits per heavy atom. The molecule has 0 saturated carbocycles. The van der Waals surface area contributed by atoms with Gasteiger partial charge < -0.3 is 11.5 Å². The number of nitrogens with zero attached hydrogens (tertiary/aromatic N) is 2. The number of rotatable bonds is 4. The van der Waals surface area contributed by atoms with Crippen molar-refractivity contribution in [2.75, 3.05) is 12.3 Å². The van der Waals surface area contributed by atoms with E-state index < -0.39 is 0 Å². The zero-order chi connectivity index (χ0) is 10.1. The highest BCUT2D eigenvalue weighted by molar-refractivity contribution is 8.14. The van der Waals surface area contributed by atoms with Gasteiger partial charge in [0.05, 0.1) is 6.54 Å². The van der Waals surface area contributed by atoms with Crippen LogP contribution in [0.2, 0.25) is 0 Å². The Morgan fingerprint density at radius 1 is 1.31 bits per heavy atom. The lowest BCUT2D eigenvalue weighted by molar-refractivity contribution is 1.25. The molecule has 0 aliphatic rings. The van der Waals surface area contributed by atoms with Crippen molar-refractivity contribution < 1.29 is 0 Å². The molecule has 4 N–H and O–H groups in total. The molecule has 0 heterocycles. The monoisotopic (exact) mass is 198 g/mol. The van der Waals surface area contributed by atoms with Crippen molar-refractivity contribution in [1.29, 1.82) is 0 Å². The molecule has 13 heavy (non-hydrogen) atoms. The Hall–Kier alpha value is -1.23.